The maximum atomic E-state index is 14.7. The van der Waals surface area contributed by atoms with Gasteiger partial charge in [0.05, 0.1) is 70.9 Å². The molecule has 19 atom stereocenters. The molecule has 1 unspecified atom stereocenters. The molecule has 0 bridgehead atoms. The van der Waals surface area contributed by atoms with Crippen LogP contribution in [0.3, 0.4) is 0 Å². The number of carbonyl (C=O) groups is 1. The molecule has 22 heteroatoms. The highest BCUT2D eigenvalue weighted by atomic mass is 16.7. The summed E-state index contributed by atoms with van der Waals surface area (Å²) in [5.41, 5.74) is -2.93. The van der Waals surface area contributed by atoms with E-state index in [1.165, 1.54) is 26.2 Å². The van der Waals surface area contributed by atoms with Gasteiger partial charge in [0, 0.05) is 75.6 Å². The van der Waals surface area contributed by atoms with Gasteiger partial charge in [0.1, 0.15) is 30.0 Å². The third kappa shape index (κ3) is 13.5. The molecule has 5 N–H and O–H groups in total. The fourth-order valence-electron chi connectivity index (χ4n) is 12.1. The number of rotatable bonds is 15. The largest absolute Gasteiger partial charge is 0.459 e. The monoisotopic (exact) mass is 1040 g/mol. The van der Waals surface area contributed by atoms with Crippen molar-refractivity contribution < 1.29 is 58.9 Å². The molecule has 3 aliphatic rings. The number of nitrogens with zero attached hydrogens (tertiary/aromatic N) is 9. The number of aromatic nitrogens is 6. The Balaban J connectivity index is 1.28. The predicted molar refractivity (Wildman–Crippen MR) is 271 cm³/mol. The number of benzene rings is 1. The Morgan fingerprint density at radius 1 is 1.00 bits per heavy atom. The van der Waals surface area contributed by atoms with E-state index >= 15 is 0 Å². The van der Waals surface area contributed by atoms with Crippen LogP contribution >= 0.6 is 0 Å². The lowest BCUT2D eigenvalue weighted by molar-refractivity contribution is -0.384. The van der Waals surface area contributed by atoms with Gasteiger partial charge in [0.15, 0.2) is 6.29 Å². The lowest BCUT2D eigenvalue weighted by Crippen LogP contribution is -2.62. The number of non-ortho nitro benzene ring substituents is 1. The number of nitro groups is 1. The highest BCUT2D eigenvalue weighted by Gasteiger charge is 2.55. The number of carbonyl (C=O) groups excluding carboxylic acids is 1. The van der Waals surface area contributed by atoms with Gasteiger partial charge in [-0.05, 0) is 98.7 Å². The summed E-state index contributed by atoms with van der Waals surface area (Å²) in [5.74, 6) is -3.25. The van der Waals surface area contributed by atoms with E-state index in [4.69, 9.17) is 23.7 Å². The molecule has 416 valence electrons. The third-order valence-corrected chi connectivity index (χ3v) is 16.6. The minimum Gasteiger partial charge on any atom is -0.459 e. The average molecular weight is 1040 g/mol. The van der Waals surface area contributed by atoms with Crippen LogP contribution in [0.15, 0.2) is 42.9 Å². The molecule has 0 amide bonds. The first-order chi connectivity index (χ1) is 34.7. The quantitative estimate of drug-likeness (QED) is 0.0829. The highest BCUT2D eigenvalue weighted by molar-refractivity contribution is 5.73. The van der Waals surface area contributed by atoms with Gasteiger partial charge in [-0.15, -0.1) is 10.2 Å². The van der Waals surface area contributed by atoms with E-state index in [2.05, 4.69) is 20.6 Å². The van der Waals surface area contributed by atoms with Gasteiger partial charge >= 0.3 is 5.97 Å². The normalized spacial score (nSPS) is 38.7. The van der Waals surface area contributed by atoms with E-state index in [0.29, 0.717) is 44.6 Å². The Hall–Kier alpha value is -4.07. The zero-order valence-electron chi connectivity index (χ0n) is 45.7. The first kappa shape index (κ1) is 59.2. The van der Waals surface area contributed by atoms with Crippen LogP contribution in [0.4, 0.5) is 5.69 Å². The molecular weight excluding hydrogens is 959 g/mol. The smallest absolute Gasteiger partial charge is 0.309 e. The molecule has 0 saturated carbocycles. The first-order valence-electron chi connectivity index (χ1n) is 26.3. The zero-order chi connectivity index (χ0) is 54.6. The van der Waals surface area contributed by atoms with Gasteiger partial charge in [0.2, 0.25) is 0 Å². The van der Waals surface area contributed by atoms with E-state index in [1.807, 2.05) is 50.9 Å². The van der Waals surface area contributed by atoms with Crippen LogP contribution in [0.1, 0.15) is 112 Å². The molecule has 3 aliphatic heterocycles. The SMILES string of the molecule is CC[C@H]1OC(=O)[C@H](C)C([C@H]2C[C@@](C)(OC)[C@@H](O)[C@H](C)O2)[C@H](C)[C@@H](O[C@@H]2O[C@H](C)C[C@H](N(C)CCc3cn([C@@H](Cc4ccc([N+](=O)[O-])cc4)Cn4ccnn4)nn3)[C@H]2O)[C@](C)(O)C[C@@H](C)CN(C)[C@H](C)[C@@H](O)[C@]1(C)O. The molecule has 0 aliphatic carbocycles. The Morgan fingerprint density at radius 3 is 2.31 bits per heavy atom. The van der Waals surface area contributed by atoms with Crippen LogP contribution in [-0.2, 0) is 47.9 Å². The molecule has 6 rings (SSSR count). The lowest BCUT2D eigenvalue weighted by atomic mass is 9.68. The second kappa shape index (κ2) is 24.5. The van der Waals surface area contributed by atoms with Crippen molar-refractivity contribution in [1.82, 2.24) is 39.8 Å². The molecule has 0 radical (unpaired) electrons. The number of likely N-dealkylation sites (N-methyl/N-ethyl adjacent to an activating group) is 2. The Labute approximate surface area is 435 Å². The van der Waals surface area contributed by atoms with Crippen molar-refractivity contribution in [2.45, 2.75) is 204 Å². The second-order valence-electron chi connectivity index (χ2n) is 22.6. The highest BCUT2D eigenvalue weighted by Crippen LogP contribution is 2.45. The van der Waals surface area contributed by atoms with E-state index in [0.717, 1.165) is 5.56 Å². The maximum absolute atomic E-state index is 14.7. The van der Waals surface area contributed by atoms with Gasteiger partial charge in [-0.3, -0.25) is 19.6 Å². The van der Waals surface area contributed by atoms with Crippen LogP contribution in [0, 0.1) is 33.8 Å². The van der Waals surface area contributed by atoms with E-state index in [1.54, 1.807) is 75.4 Å². The van der Waals surface area contributed by atoms with Crippen LogP contribution in [0.2, 0.25) is 0 Å². The molecular formula is C52H85N9O13. The van der Waals surface area contributed by atoms with Gasteiger partial charge in [0.25, 0.3) is 5.69 Å². The van der Waals surface area contributed by atoms with Crippen molar-refractivity contribution in [2.24, 2.45) is 23.7 Å². The van der Waals surface area contributed by atoms with Gasteiger partial charge in [-0.1, -0.05) is 50.3 Å². The summed E-state index contributed by atoms with van der Waals surface area (Å²) in [6.07, 6.45) is -1.50. The van der Waals surface area contributed by atoms with E-state index in [9.17, 15) is 40.4 Å². The van der Waals surface area contributed by atoms with E-state index < -0.39 is 107 Å². The van der Waals surface area contributed by atoms with Crippen molar-refractivity contribution >= 4 is 11.7 Å². The third-order valence-electron chi connectivity index (χ3n) is 16.6. The van der Waals surface area contributed by atoms with Crippen LogP contribution < -0.4 is 0 Å². The summed E-state index contributed by atoms with van der Waals surface area (Å²) in [7, 11) is 5.28. The molecule has 0 spiro atoms. The van der Waals surface area contributed by atoms with Crippen LogP contribution in [-0.4, -0.2) is 195 Å². The molecule has 2 aromatic heterocycles. The maximum Gasteiger partial charge on any atom is 0.309 e. The Kier molecular flexibility index (Phi) is 19.6. The average Bonchev–Trinajstić information content (AvgIpc) is 4.06. The summed E-state index contributed by atoms with van der Waals surface area (Å²) in [5, 5.41) is 88.7. The molecule has 3 aromatic rings. The summed E-state index contributed by atoms with van der Waals surface area (Å²) < 4.78 is 35.7. The van der Waals surface area contributed by atoms with Gasteiger partial charge < -0.3 is 59.0 Å². The van der Waals surface area contributed by atoms with Crippen molar-refractivity contribution in [3.05, 3.63) is 64.2 Å². The topological polar surface area (TPSA) is 275 Å². The van der Waals surface area contributed by atoms with E-state index in [-0.39, 0.29) is 43.0 Å². The van der Waals surface area contributed by atoms with Gasteiger partial charge in [-0.2, -0.15) is 0 Å². The van der Waals surface area contributed by atoms with Crippen LogP contribution in [0.5, 0.6) is 0 Å². The molecule has 22 nitrogen and oxygen atoms in total. The fourth-order valence-corrected chi connectivity index (χ4v) is 12.1. The van der Waals surface area contributed by atoms with Crippen LogP contribution in [0.25, 0.3) is 0 Å². The number of hydrogen-bond donors (Lipinski definition) is 5. The van der Waals surface area contributed by atoms with Crippen molar-refractivity contribution in [2.75, 3.05) is 34.3 Å². The minimum atomic E-state index is -1.83. The Bertz CT molecular complexity index is 2250. The first-order valence-corrected chi connectivity index (χ1v) is 26.3. The standard InChI is InChI=1S/C52H85N9O13/c1-14-42-52(10,67)45(63)34(6)58(12)27-30(2)25-50(8,66)47(32(4)43(33(5)48(65)73-42)41-26-51(9,70-13)46(64)35(7)72-41)74-49-44(62)40(23-31(3)71-49)57(11)21-19-37-28-60(56-54-37)39(29-59-22-20-53-55-59)24-36-15-17-38(18-16-36)61(68)69/h15-18,20,22,28,30-35,39-47,49,62-64,66-67H,14,19,21,23-27,29H2,1-13H3/t30-,31-,32+,33-,34-,35+,39+,40+,41-,42-,43?,44-,45-,46+,47-,49+,50-,51-,52-/m1/s1. The number of cyclic esters (lactones) is 1. The second-order valence-corrected chi connectivity index (χ2v) is 22.6. The van der Waals surface area contributed by atoms with Crippen molar-refractivity contribution in [3.8, 4) is 0 Å². The minimum absolute atomic E-state index is 0.00549. The molecule has 1 aromatic carbocycles. The number of esters is 1. The number of hydrogen-bond acceptors (Lipinski definition) is 19. The fraction of sp³-hybridized carbons (Fsp3) is 0.788. The zero-order valence-corrected chi connectivity index (χ0v) is 45.7. The van der Waals surface area contributed by atoms with Gasteiger partial charge in [-0.25, -0.2) is 4.68 Å². The number of ether oxygens (including phenoxy) is 5. The number of aliphatic hydroxyl groups is 5. The summed E-state index contributed by atoms with van der Waals surface area (Å²) in [4.78, 5) is 29.5. The summed E-state index contributed by atoms with van der Waals surface area (Å²) in [6.45, 7) is 19.2. The summed E-state index contributed by atoms with van der Waals surface area (Å²) >= 11 is 0. The molecule has 3 saturated heterocycles. The number of methoxy groups -OCH3 is 1. The molecule has 3 fully saturated rings. The lowest BCUT2D eigenvalue weighted by Gasteiger charge is -2.51. The summed E-state index contributed by atoms with van der Waals surface area (Å²) in [6, 6.07) is 5.14. The number of aliphatic hydroxyl groups excluding tert-OH is 3. The number of nitro benzene ring substituents is 1. The molecule has 5 heterocycles. The Morgan fingerprint density at radius 2 is 1.69 bits per heavy atom. The molecule has 74 heavy (non-hydrogen) atoms. The predicted octanol–water partition coefficient (Wildman–Crippen LogP) is 3.36. The van der Waals surface area contributed by atoms with Crippen molar-refractivity contribution in [1.29, 1.82) is 0 Å². The van der Waals surface area contributed by atoms with Crippen molar-refractivity contribution in [3.63, 3.8) is 0 Å².